The molecule has 5 heteroatoms. The van der Waals surface area contributed by atoms with Gasteiger partial charge in [-0.1, -0.05) is 44.0 Å². The molecule has 2 aromatic heterocycles. The third-order valence-corrected chi connectivity index (χ3v) is 3.14. The van der Waals surface area contributed by atoms with Gasteiger partial charge in [-0.3, -0.25) is 5.10 Å². The molecule has 17 heavy (non-hydrogen) atoms. The second-order valence-electron chi connectivity index (χ2n) is 4.89. The lowest BCUT2D eigenvalue weighted by Gasteiger charge is -2.14. The zero-order valence-electron chi connectivity index (χ0n) is 9.88. The number of nitrogens with zero attached hydrogens (tertiary/aromatic N) is 2. The zero-order chi connectivity index (χ0) is 12.6. The van der Waals surface area contributed by atoms with Gasteiger partial charge in [-0.25, -0.2) is 4.98 Å². The van der Waals surface area contributed by atoms with Crippen molar-refractivity contribution in [2.45, 2.75) is 26.2 Å². The Morgan fingerprint density at radius 1 is 1.12 bits per heavy atom. The summed E-state index contributed by atoms with van der Waals surface area (Å²) in [6.07, 6.45) is 0. The fourth-order valence-corrected chi connectivity index (χ4v) is 1.66. The van der Waals surface area contributed by atoms with Crippen molar-refractivity contribution in [3.05, 3.63) is 34.1 Å². The van der Waals surface area contributed by atoms with Crippen molar-refractivity contribution in [1.82, 2.24) is 15.2 Å². The Hall–Kier alpha value is -1.06. The minimum atomic E-state index is 0.0292. The van der Waals surface area contributed by atoms with Gasteiger partial charge < -0.3 is 0 Å². The summed E-state index contributed by atoms with van der Waals surface area (Å²) in [5.41, 5.74) is 2.57. The first-order valence-electron chi connectivity index (χ1n) is 5.26. The smallest absolute Gasteiger partial charge is 0.148 e. The van der Waals surface area contributed by atoms with Gasteiger partial charge in [0.2, 0.25) is 0 Å². The molecule has 0 saturated carbocycles. The van der Waals surface area contributed by atoms with E-state index in [1.165, 1.54) is 0 Å². The van der Waals surface area contributed by atoms with Crippen LogP contribution in [-0.2, 0) is 5.41 Å². The second-order valence-corrected chi connectivity index (χ2v) is 5.65. The predicted molar refractivity (Wildman–Crippen MR) is 70.5 cm³/mol. The summed E-state index contributed by atoms with van der Waals surface area (Å²) in [6.45, 7) is 6.35. The SMILES string of the molecule is CC(C)(C)c1cc(-c2ccc(Cl)c(Cl)n2)n[nH]1. The van der Waals surface area contributed by atoms with Gasteiger partial charge in [0, 0.05) is 11.1 Å². The maximum atomic E-state index is 5.88. The van der Waals surface area contributed by atoms with Gasteiger partial charge in [-0.15, -0.1) is 0 Å². The highest BCUT2D eigenvalue weighted by Crippen LogP contribution is 2.27. The Bertz CT molecular complexity index is 541. The molecule has 0 bridgehead atoms. The lowest BCUT2D eigenvalue weighted by Crippen LogP contribution is -2.11. The van der Waals surface area contributed by atoms with Crippen LogP contribution in [0.1, 0.15) is 26.5 Å². The Balaban J connectivity index is 2.40. The van der Waals surface area contributed by atoms with E-state index in [-0.39, 0.29) is 5.41 Å². The summed E-state index contributed by atoms with van der Waals surface area (Å²) >= 11 is 11.7. The first kappa shape index (κ1) is 12.4. The minimum absolute atomic E-state index is 0.0292. The molecule has 2 rings (SSSR count). The standard InChI is InChI=1S/C12H13Cl2N3/c1-12(2,3)10-6-9(16-17-10)8-5-4-7(13)11(14)15-8/h4-6H,1-3H3,(H,16,17). The van der Waals surface area contributed by atoms with E-state index < -0.39 is 0 Å². The predicted octanol–water partition coefficient (Wildman–Crippen LogP) is 4.08. The molecule has 2 aromatic rings. The highest BCUT2D eigenvalue weighted by atomic mass is 35.5. The van der Waals surface area contributed by atoms with Crippen LogP contribution >= 0.6 is 23.2 Å². The Morgan fingerprint density at radius 3 is 2.35 bits per heavy atom. The van der Waals surface area contributed by atoms with E-state index in [9.17, 15) is 0 Å². The molecule has 0 saturated heterocycles. The van der Waals surface area contributed by atoms with E-state index in [1.54, 1.807) is 12.1 Å². The maximum absolute atomic E-state index is 5.88. The van der Waals surface area contributed by atoms with E-state index in [0.717, 1.165) is 11.4 Å². The minimum Gasteiger partial charge on any atom is -0.281 e. The Morgan fingerprint density at radius 2 is 1.82 bits per heavy atom. The first-order chi connectivity index (χ1) is 7.88. The fraction of sp³-hybridized carbons (Fsp3) is 0.333. The second kappa shape index (κ2) is 4.31. The van der Waals surface area contributed by atoms with Crippen molar-refractivity contribution < 1.29 is 0 Å². The van der Waals surface area contributed by atoms with Crippen molar-refractivity contribution in [2.75, 3.05) is 0 Å². The molecule has 0 atom stereocenters. The molecule has 0 unspecified atom stereocenters. The molecule has 0 spiro atoms. The normalized spacial score (nSPS) is 11.8. The van der Waals surface area contributed by atoms with Crippen molar-refractivity contribution in [1.29, 1.82) is 0 Å². The number of halogens is 2. The van der Waals surface area contributed by atoms with E-state index >= 15 is 0 Å². The lowest BCUT2D eigenvalue weighted by atomic mass is 9.92. The highest BCUT2D eigenvalue weighted by molar-refractivity contribution is 6.41. The van der Waals surface area contributed by atoms with Crippen LogP contribution in [-0.4, -0.2) is 15.2 Å². The van der Waals surface area contributed by atoms with Gasteiger partial charge in [0.15, 0.2) is 0 Å². The molecular weight excluding hydrogens is 257 g/mol. The van der Waals surface area contributed by atoms with Gasteiger partial charge >= 0.3 is 0 Å². The van der Waals surface area contributed by atoms with Crippen LogP contribution in [0.15, 0.2) is 18.2 Å². The maximum Gasteiger partial charge on any atom is 0.148 e. The molecule has 3 nitrogen and oxygen atoms in total. The van der Waals surface area contributed by atoms with E-state index in [1.807, 2.05) is 6.07 Å². The monoisotopic (exact) mass is 269 g/mol. The number of rotatable bonds is 1. The van der Waals surface area contributed by atoms with Crippen molar-refractivity contribution in [2.24, 2.45) is 0 Å². The number of aromatic nitrogens is 3. The number of aromatic amines is 1. The number of nitrogens with one attached hydrogen (secondary N) is 1. The van der Waals surface area contributed by atoms with Gasteiger partial charge in [-0.2, -0.15) is 5.10 Å². The van der Waals surface area contributed by atoms with Crippen molar-refractivity contribution in [3.63, 3.8) is 0 Å². The molecule has 2 heterocycles. The number of H-pyrrole nitrogens is 1. The largest absolute Gasteiger partial charge is 0.281 e. The van der Waals surface area contributed by atoms with Gasteiger partial charge in [0.05, 0.1) is 10.7 Å². The first-order valence-corrected chi connectivity index (χ1v) is 6.02. The third-order valence-electron chi connectivity index (χ3n) is 2.45. The van der Waals surface area contributed by atoms with Gasteiger partial charge in [0.25, 0.3) is 0 Å². The highest BCUT2D eigenvalue weighted by Gasteiger charge is 2.17. The molecule has 0 aliphatic carbocycles. The average molecular weight is 270 g/mol. The van der Waals surface area contributed by atoms with Crippen LogP contribution in [0.4, 0.5) is 0 Å². The van der Waals surface area contributed by atoms with Crippen LogP contribution < -0.4 is 0 Å². The van der Waals surface area contributed by atoms with Crippen LogP contribution in [0, 0.1) is 0 Å². The summed E-state index contributed by atoms with van der Waals surface area (Å²) in [5, 5.41) is 7.99. The summed E-state index contributed by atoms with van der Waals surface area (Å²) in [6, 6.07) is 5.50. The molecule has 0 aliphatic rings. The molecule has 1 N–H and O–H groups in total. The Kier molecular flexibility index (Phi) is 3.15. The fourth-order valence-electron chi connectivity index (χ4n) is 1.40. The topological polar surface area (TPSA) is 41.6 Å². The summed E-state index contributed by atoms with van der Waals surface area (Å²) in [4.78, 5) is 4.19. The van der Waals surface area contributed by atoms with Crippen molar-refractivity contribution >= 4 is 23.2 Å². The van der Waals surface area contributed by atoms with Crippen LogP contribution in [0.2, 0.25) is 10.2 Å². The number of hydrogen-bond donors (Lipinski definition) is 1. The Labute approximate surface area is 110 Å². The van der Waals surface area contributed by atoms with E-state index in [4.69, 9.17) is 23.2 Å². The van der Waals surface area contributed by atoms with E-state index in [0.29, 0.717) is 15.9 Å². The number of pyridine rings is 1. The molecule has 0 fully saturated rings. The summed E-state index contributed by atoms with van der Waals surface area (Å²) in [5.74, 6) is 0. The van der Waals surface area contributed by atoms with Crippen LogP contribution in [0.5, 0.6) is 0 Å². The molecule has 0 amide bonds. The van der Waals surface area contributed by atoms with Crippen molar-refractivity contribution in [3.8, 4) is 11.4 Å². The quantitative estimate of drug-likeness (QED) is 0.793. The average Bonchev–Trinajstić information content (AvgIpc) is 2.70. The van der Waals surface area contributed by atoms with Gasteiger partial charge in [-0.05, 0) is 18.2 Å². The molecular formula is C12H13Cl2N3. The zero-order valence-corrected chi connectivity index (χ0v) is 11.4. The lowest BCUT2D eigenvalue weighted by molar-refractivity contribution is 0.567. The molecule has 0 radical (unpaired) electrons. The molecule has 0 aromatic carbocycles. The third kappa shape index (κ3) is 2.61. The molecule has 0 aliphatic heterocycles. The number of hydrogen-bond acceptors (Lipinski definition) is 2. The summed E-state index contributed by atoms with van der Waals surface area (Å²) in [7, 11) is 0. The molecule has 90 valence electrons. The van der Waals surface area contributed by atoms with E-state index in [2.05, 4.69) is 36.0 Å². The van der Waals surface area contributed by atoms with Gasteiger partial charge in [0.1, 0.15) is 10.8 Å². The van der Waals surface area contributed by atoms with Crippen LogP contribution in [0.3, 0.4) is 0 Å². The summed E-state index contributed by atoms with van der Waals surface area (Å²) < 4.78 is 0. The van der Waals surface area contributed by atoms with Crippen LogP contribution in [0.25, 0.3) is 11.4 Å².